The Morgan fingerprint density at radius 3 is 1.35 bits per heavy atom. The zero-order valence-corrected chi connectivity index (χ0v) is 15.7. The molecular weight excluding hydrogens is 284 g/mol. The minimum absolute atomic E-state index is 0.106. The second-order valence-corrected chi connectivity index (χ2v) is 10.6. The van der Waals surface area contributed by atoms with Crippen molar-refractivity contribution in [1.29, 1.82) is 0 Å². The van der Waals surface area contributed by atoms with Crippen LogP contribution in [0.5, 0.6) is 0 Å². The number of carbonyl (C=O) groups is 2. The largest absolute Gasteiger partial charge is 0.299 e. The van der Waals surface area contributed by atoms with E-state index in [1.54, 1.807) is 0 Å². The molecule has 0 aliphatic heterocycles. The first-order chi connectivity index (χ1) is 10.5. The van der Waals surface area contributed by atoms with Gasteiger partial charge in [0.05, 0.1) is 0 Å². The van der Waals surface area contributed by atoms with Gasteiger partial charge in [-0.25, -0.2) is 0 Å². The molecule has 0 radical (unpaired) electrons. The van der Waals surface area contributed by atoms with Gasteiger partial charge in [-0.05, 0) is 54.8 Å². The second kappa shape index (κ2) is 4.11. The van der Waals surface area contributed by atoms with Gasteiger partial charge in [-0.1, -0.05) is 41.5 Å². The SMILES string of the molecule is CC1(C)[C@@H]2CC[C@@]1(C)C(=O)[C@H]2C[C@@H]1C(=O)[C@@]2(C)CC[C@H]1C2(C)C. The maximum atomic E-state index is 13.1. The third-order valence-corrected chi connectivity index (χ3v) is 9.85. The normalized spacial score (nSPS) is 52.6. The third-order valence-electron chi connectivity index (χ3n) is 9.85. The number of rotatable bonds is 2. The van der Waals surface area contributed by atoms with Gasteiger partial charge in [-0.15, -0.1) is 0 Å². The van der Waals surface area contributed by atoms with E-state index in [1.807, 2.05) is 0 Å². The highest BCUT2D eigenvalue weighted by Gasteiger charge is 2.70. The summed E-state index contributed by atoms with van der Waals surface area (Å²) >= 11 is 0. The van der Waals surface area contributed by atoms with E-state index in [0.29, 0.717) is 23.4 Å². The molecule has 2 heteroatoms. The fourth-order valence-corrected chi connectivity index (χ4v) is 7.36. The first-order valence-corrected chi connectivity index (χ1v) is 9.57. The van der Waals surface area contributed by atoms with Crippen molar-refractivity contribution in [2.24, 2.45) is 45.3 Å². The van der Waals surface area contributed by atoms with Gasteiger partial charge in [0.1, 0.15) is 11.6 Å². The average Bonchev–Trinajstić information content (AvgIpc) is 2.93. The molecule has 0 amide bonds. The average molecular weight is 316 g/mol. The lowest BCUT2D eigenvalue weighted by molar-refractivity contribution is -0.134. The summed E-state index contributed by atoms with van der Waals surface area (Å²) in [4.78, 5) is 26.3. The summed E-state index contributed by atoms with van der Waals surface area (Å²) < 4.78 is 0. The van der Waals surface area contributed by atoms with Gasteiger partial charge in [-0.3, -0.25) is 9.59 Å². The summed E-state index contributed by atoms with van der Waals surface area (Å²) in [5.74, 6) is 2.19. The maximum Gasteiger partial charge on any atom is 0.142 e. The van der Waals surface area contributed by atoms with Gasteiger partial charge >= 0.3 is 0 Å². The minimum Gasteiger partial charge on any atom is -0.299 e. The van der Waals surface area contributed by atoms with Crippen LogP contribution < -0.4 is 0 Å². The van der Waals surface area contributed by atoms with E-state index in [0.717, 1.165) is 19.3 Å². The molecule has 2 nitrogen and oxygen atoms in total. The number of ketones is 2. The molecule has 0 saturated heterocycles. The third kappa shape index (κ3) is 1.48. The molecule has 0 aromatic carbocycles. The quantitative estimate of drug-likeness (QED) is 0.742. The number of carbonyl (C=O) groups excluding carboxylic acids is 2. The molecule has 0 aromatic heterocycles. The predicted molar refractivity (Wildman–Crippen MR) is 90.8 cm³/mol. The van der Waals surface area contributed by atoms with Gasteiger partial charge in [0.25, 0.3) is 0 Å². The highest BCUT2D eigenvalue weighted by atomic mass is 16.1. The Labute approximate surface area is 140 Å². The van der Waals surface area contributed by atoms with Crippen LogP contribution in [0.2, 0.25) is 0 Å². The van der Waals surface area contributed by atoms with Gasteiger partial charge in [0.15, 0.2) is 0 Å². The van der Waals surface area contributed by atoms with Crippen LogP contribution in [0.4, 0.5) is 0 Å². The van der Waals surface area contributed by atoms with Crippen LogP contribution in [-0.4, -0.2) is 11.6 Å². The van der Waals surface area contributed by atoms with E-state index < -0.39 is 0 Å². The van der Waals surface area contributed by atoms with Gasteiger partial charge in [0, 0.05) is 22.7 Å². The van der Waals surface area contributed by atoms with Crippen molar-refractivity contribution in [2.75, 3.05) is 0 Å². The van der Waals surface area contributed by atoms with Gasteiger partial charge in [0.2, 0.25) is 0 Å². The highest BCUT2D eigenvalue weighted by molar-refractivity contribution is 5.94. The number of Topliss-reactive ketones (excluding diaryl/α,β-unsaturated/α-hetero) is 2. The van der Waals surface area contributed by atoms with E-state index in [2.05, 4.69) is 41.5 Å². The Kier molecular flexibility index (Phi) is 2.83. The van der Waals surface area contributed by atoms with Gasteiger partial charge in [-0.2, -0.15) is 0 Å². The van der Waals surface area contributed by atoms with Crippen molar-refractivity contribution in [3.8, 4) is 0 Å². The van der Waals surface area contributed by atoms with Crippen molar-refractivity contribution >= 4 is 11.6 Å². The van der Waals surface area contributed by atoms with Crippen LogP contribution in [0, 0.1) is 45.3 Å². The fourth-order valence-electron chi connectivity index (χ4n) is 7.36. The molecule has 4 saturated carbocycles. The van der Waals surface area contributed by atoms with Crippen LogP contribution in [0.15, 0.2) is 0 Å². The topological polar surface area (TPSA) is 34.1 Å². The summed E-state index contributed by atoms with van der Waals surface area (Å²) in [5.41, 5.74) is -0.0888. The molecule has 4 aliphatic carbocycles. The van der Waals surface area contributed by atoms with Crippen LogP contribution in [-0.2, 0) is 9.59 Å². The van der Waals surface area contributed by atoms with Crippen molar-refractivity contribution in [3.63, 3.8) is 0 Å². The minimum atomic E-state index is -0.150. The Bertz CT molecular complexity index is 549. The highest BCUT2D eigenvalue weighted by Crippen LogP contribution is 2.70. The lowest BCUT2D eigenvalue weighted by Crippen LogP contribution is -2.36. The van der Waals surface area contributed by atoms with Crippen molar-refractivity contribution in [1.82, 2.24) is 0 Å². The number of fused-ring (bicyclic) bond motifs is 4. The van der Waals surface area contributed by atoms with E-state index in [4.69, 9.17) is 0 Å². The Balaban J connectivity index is 1.64. The van der Waals surface area contributed by atoms with Crippen LogP contribution in [0.1, 0.15) is 73.6 Å². The predicted octanol–water partition coefficient (Wildman–Crippen LogP) is 4.66. The fraction of sp³-hybridized carbons (Fsp3) is 0.905. The second-order valence-electron chi connectivity index (χ2n) is 10.6. The van der Waals surface area contributed by atoms with Gasteiger partial charge < -0.3 is 0 Å². The van der Waals surface area contributed by atoms with Crippen LogP contribution in [0.3, 0.4) is 0 Å². The summed E-state index contributed by atoms with van der Waals surface area (Å²) in [6.45, 7) is 13.5. The molecule has 4 fully saturated rings. The molecule has 128 valence electrons. The molecule has 0 N–H and O–H groups in total. The Hall–Kier alpha value is -0.660. The van der Waals surface area contributed by atoms with E-state index >= 15 is 0 Å². The first-order valence-electron chi connectivity index (χ1n) is 9.57. The molecule has 0 heterocycles. The standard InChI is InChI=1S/C21H32O2/c1-18(2)14-7-9-20(18,5)16(22)12(14)11-13-15-8-10-21(6,17(13)23)19(15,3)4/h12-15H,7-11H2,1-6H3/t12-,13-,14+,15+,20-,21+/m0/s1. The number of hydrogen-bond donors (Lipinski definition) is 0. The Morgan fingerprint density at radius 1 is 0.739 bits per heavy atom. The van der Waals surface area contributed by atoms with Crippen LogP contribution in [0.25, 0.3) is 0 Å². The lowest BCUT2D eigenvalue weighted by Gasteiger charge is -2.32. The molecule has 4 bridgehead atoms. The van der Waals surface area contributed by atoms with Crippen molar-refractivity contribution in [2.45, 2.75) is 73.6 Å². The Morgan fingerprint density at radius 2 is 1.09 bits per heavy atom. The summed E-state index contributed by atoms with van der Waals surface area (Å²) in [6.07, 6.45) is 5.28. The van der Waals surface area contributed by atoms with E-state index in [-0.39, 0.29) is 33.5 Å². The molecular formula is C21H32O2. The molecule has 0 aromatic rings. The summed E-state index contributed by atoms with van der Waals surface area (Å²) in [5, 5.41) is 0. The van der Waals surface area contributed by atoms with Crippen molar-refractivity contribution in [3.05, 3.63) is 0 Å². The number of hydrogen-bond acceptors (Lipinski definition) is 2. The van der Waals surface area contributed by atoms with E-state index in [1.165, 1.54) is 12.8 Å². The molecule has 0 spiro atoms. The van der Waals surface area contributed by atoms with E-state index in [9.17, 15) is 9.59 Å². The van der Waals surface area contributed by atoms with Crippen molar-refractivity contribution < 1.29 is 9.59 Å². The molecule has 6 atom stereocenters. The first kappa shape index (κ1) is 15.8. The summed E-state index contributed by atoms with van der Waals surface area (Å²) in [6, 6.07) is 0. The molecule has 4 rings (SSSR count). The monoisotopic (exact) mass is 316 g/mol. The molecule has 4 aliphatic rings. The lowest BCUT2D eigenvalue weighted by atomic mass is 9.70. The maximum absolute atomic E-state index is 13.1. The molecule has 0 unspecified atom stereocenters. The zero-order valence-electron chi connectivity index (χ0n) is 15.7. The summed E-state index contributed by atoms with van der Waals surface area (Å²) in [7, 11) is 0. The van der Waals surface area contributed by atoms with Crippen LogP contribution >= 0.6 is 0 Å². The smallest absolute Gasteiger partial charge is 0.142 e. The molecule has 23 heavy (non-hydrogen) atoms. The zero-order chi connectivity index (χ0) is 17.0.